The van der Waals surface area contributed by atoms with Crippen LogP contribution < -0.4 is 10.6 Å². The minimum absolute atomic E-state index is 0.0712. The largest absolute Gasteiger partial charge is 0.466 e. The van der Waals surface area contributed by atoms with Gasteiger partial charge in [-0.05, 0) is 36.6 Å². The van der Waals surface area contributed by atoms with E-state index in [2.05, 4.69) is 23.6 Å². The molecule has 1 heterocycles. The third-order valence-corrected chi connectivity index (χ3v) is 3.58. The highest BCUT2D eigenvalue weighted by Gasteiger charge is 2.26. The summed E-state index contributed by atoms with van der Waals surface area (Å²) in [5.41, 5.74) is 1.07. The first kappa shape index (κ1) is 16.1. The van der Waals surface area contributed by atoms with E-state index in [1.807, 2.05) is 18.2 Å². The smallest absolute Gasteiger partial charge is 0.315 e. The van der Waals surface area contributed by atoms with Gasteiger partial charge in [0.2, 0.25) is 0 Å². The van der Waals surface area contributed by atoms with Crippen LogP contribution in [0, 0.1) is 0 Å². The number of amides is 2. The van der Waals surface area contributed by atoms with Crippen LogP contribution in [0.2, 0.25) is 0 Å². The molecule has 0 fully saturated rings. The van der Waals surface area contributed by atoms with Crippen molar-refractivity contribution in [2.75, 3.05) is 6.54 Å². The van der Waals surface area contributed by atoms with Crippen LogP contribution in [0.25, 0.3) is 0 Å². The van der Waals surface area contributed by atoms with Crippen molar-refractivity contribution >= 4 is 6.03 Å². The third-order valence-electron chi connectivity index (χ3n) is 3.58. The zero-order chi connectivity index (χ0) is 16.0. The molecule has 2 amide bonds. The molecular formula is C17H22N2O3. The molecular weight excluding hydrogens is 280 g/mol. The van der Waals surface area contributed by atoms with Crippen molar-refractivity contribution in [3.63, 3.8) is 0 Å². The third kappa shape index (κ3) is 4.11. The summed E-state index contributed by atoms with van der Waals surface area (Å²) in [6.45, 7) is 4.21. The van der Waals surface area contributed by atoms with Gasteiger partial charge in [-0.15, -0.1) is 0 Å². The SMILES string of the molecule is CCc1ccccc1CNC(=O)NCC(C)(O)c1ccco1. The maximum absolute atomic E-state index is 11.9. The fourth-order valence-corrected chi connectivity index (χ4v) is 2.24. The lowest BCUT2D eigenvalue weighted by Gasteiger charge is -2.21. The monoisotopic (exact) mass is 302 g/mol. The van der Waals surface area contributed by atoms with E-state index in [1.54, 1.807) is 19.1 Å². The number of hydrogen-bond acceptors (Lipinski definition) is 3. The summed E-state index contributed by atoms with van der Waals surface area (Å²) in [5.74, 6) is 0.420. The van der Waals surface area contributed by atoms with Crippen molar-refractivity contribution < 1.29 is 14.3 Å². The van der Waals surface area contributed by atoms with Crippen molar-refractivity contribution in [1.29, 1.82) is 0 Å². The Hall–Kier alpha value is -2.27. The van der Waals surface area contributed by atoms with Crippen LogP contribution in [0.1, 0.15) is 30.7 Å². The van der Waals surface area contributed by atoms with Crippen LogP contribution in [-0.2, 0) is 18.6 Å². The lowest BCUT2D eigenvalue weighted by molar-refractivity contribution is 0.0367. The highest BCUT2D eigenvalue weighted by molar-refractivity contribution is 5.74. The molecule has 1 aromatic carbocycles. The molecule has 0 spiro atoms. The molecule has 1 aromatic heterocycles. The summed E-state index contributed by atoms with van der Waals surface area (Å²) >= 11 is 0. The molecule has 0 saturated carbocycles. The van der Waals surface area contributed by atoms with Gasteiger partial charge in [-0.25, -0.2) is 4.79 Å². The Morgan fingerprint density at radius 2 is 1.91 bits per heavy atom. The van der Waals surface area contributed by atoms with Crippen LogP contribution in [0.3, 0.4) is 0 Å². The van der Waals surface area contributed by atoms with Gasteiger partial charge in [-0.1, -0.05) is 31.2 Å². The first-order valence-electron chi connectivity index (χ1n) is 7.38. The average molecular weight is 302 g/mol. The fraction of sp³-hybridized carbons (Fsp3) is 0.353. The van der Waals surface area contributed by atoms with Gasteiger partial charge in [0.1, 0.15) is 11.4 Å². The van der Waals surface area contributed by atoms with E-state index in [0.29, 0.717) is 12.3 Å². The predicted octanol–water partition coefficient (Wildman–Crippen LogP) is 2.55. The van der Waals surface area contributed by atoms with E-state index >= 15 is 0 Å². The topological polar surface area (TPSA) is 74.5 Å². The minimum Gasteiger partial charge on any atom is -0.466 e. The van der Waals surface area contributed by atoms with Crippen molar-refractivity contribution in [3.8, 4) is 0 Å². The van der Waals surface area contributed by atoms with E-state index < -0.39 is 5.60 Å². The molecule has 5 heteroatoms. The number of furan rings is 1. The van der Waals surface area contributed by atoms with Gasteiger partial charge in [0.15, 0.2) is 0 Å². The Bertz CT molecular complexity index is 606. The number of urea groups is 1. The fourth-order valence-electron chi connectivity index (χ4n) is 2.24. The van der Waals surface area contributed by atoms with Gasteiger partial charge in [0.25, 0.3) is 0 Å². The normalized spacial score (nSPS) is 13.4. The van der Waals surface area contributed by atoms with Crippen molar-refractivity contribution in [2.24, 2.45) is 0 Å². The van der Waals surface area contributed by atoms with Crippen LogP contribution in [0.4, 0.5) is 4.79 Å². The van der Waals surface area contributed by atoms with Crippen LogP contribution in [-0.4, -0.2) is 17.7 Å². The Balaban J connectivity index is 1.83. The summed E-state index contributed by atoms with van der Waals surface area (Å²) in [7, 11) is 0. The summed E-state index contributed by atoms with van der Waals surface area (Å²) in [6.07, 6.45) is 2.41. The zero-order valence-corrected chi connectivity index (χ0v) is 12.9. The van der Waals surface area contributed by atoms with Crippen LogP contribution in [0.5, 0.6) is 0 Å². The molecule has 2 rings (SSSR count). The second-order valence-electron chi connectivity index (χ2n) is 5.41. The van der Waals surface area contributed by atoms with E-state index in [4.69, 9.17) is 4.42 Å². The van der Waals surface area contributed by atoms with Crippen molar-refractivity contribution in [2.45, 2.75) is 32.4 Å². The molecule has 0 radical (unpaired) electrons. The van der Waals surface area contributed by atoms with Gasteiger partial charge < -0.3 is 20.2 Å². The second kappa shape index (κ2) is 7.13. The molecule has 22 heavy (non-hydrogen) atoms. The van der Waals surface area contributed by atoms with Crippen LogP contribution >= 0.6 is 0 Å². The molecule has 5 nitrogen and oxygen atoms in total. The Morgan fingerprint density at radius 1 is 1.18 bits per heavy atom. The maximum Gasteiger partial charge on any atom is 0.315 e. The molecule has 0 aliphatic heterocycles. The van der Waals surface area contributed by atoms with Gasteiger partial charge in [0, 0.05) is 6.54 Å². The van der Waals surface area contributed by atoms with E-state index in [9.17, 15) is 9.90 Å². The predicted molar refractivity (Wildman–Crippen MR) is 84.3 cm³/mol. The van der Waals surface area contributed by atoms with E-state index in [-0.39, 0.29) is 12.6 Å². The number of rotatable bonds is 6. The molecule has 0 bridgehead atoms. The van der Waals surface area contributed by atoms with Crippen molar-refractivity contribution in [3.05, 3.63) is 59.5 Å². The molecule has 1 atom stereocenters. The minimum atomic E-state index is -1.23. The van der Waals surface area contributed by atoms with Gasteiger partial charge in [-0.3, -0.25) is 0 Å². The summed E-state index contributed by atoms with van der Waals surface area (Å²) in [6, 6.07) is 11.0. The summed E-state index contributed by atoms with van der Waals surface area (Å²) in [4.78, 5) is 11.9. The average Bonchev–Trinajstić information content (AvgIpc) is 3.06. The first-order valence-corrected chi connectivity index (χ1v) is 7.38. The van der Waals surface area contributed by atoms with Crippen molar-refractivity contribution in [1.82, 2.24) is 10.6 Å². The second-order valence-corrected chi connectivity index (χ2v) is 5.41. The summed E-state index contributed by atoms with van der Waals surface area (Å²) in [5, 5.41) is 15.7. The lowest BCUT2D eigenvalue weighted by Crippen LogP contribution is -2.43. The number of benzene rings is 1. The molecule has 0 aliphatic carbocycles. The Morgan fingerprint density at radius 3 is 2.55 bits per heavy atom. The number of hydrogen-bond donors (Lipinski definition) is 3. The van der Waals surface area contributed by atoms with Gasteiger partial charge in [-0.2, -0.15) is 0 Å². The highest BCUT2D eigenvalue weighted by Crippen LogP contribution is 2.19. The number of aliphatic hydroxyl groups is 1. The summed E-state index contributed by atoms with van der Waals surface area (Å²) < 4.78 is 5.17. The van der Waals surface area contributed by atoms with Crippen LogP contribution in [0.15, 0.2) is 47.1 Å². The molecule has 0 aliphatic rings. The zero-order valence-electron chi connectivity index (χ0n) is 12.9. The van der Waals surface area contributed by atoms with E-state index in [0.717, 1.165) is 12.0 Å². The maximum atomic E-state index is 11.9. The molecule has 118 valence electrons. The Labute approximate surface area is 130 Å². The quantitative estimate of drug-likeness (QED) is 0.767. The number of carbonyl (C=O) groups excluding carboxylic acids is 1. The van der Waals surface area contributed by atoms with Gasteiger partial charge >= 0.3 is 6.03 Å². The van der Waals surface area contributed by atoms with Gasteiger partial charge in [0.05, 0.1) is 12.8 Å². The molecule has 1 unspecified atom stereocenters. The number of carbonyl (C=O) groups is 1. The molecule has 0 saturated heterocycles. The van der Waals surface area contributed by atoms with E-state index in [1.165, 1.54) is 11.8 Å². The highest BCUT2D eigenvalue weighted by atomic mass is 16.4. The first-order chi connectivity index (χ1) is 10.5. The molecule has 2 aromatic rings. The Kier molecular flexibility index (Phi) is 5.22. The lowest BCUT2D eigenvalue weighted by atomic mass is 10.0. The molecule has 3 N–H and O–H groups in total. The number of nitrogens with one attached hydrogen (secondary N) is 2. The standard InChI is InChI=1S/C17H22N2O3/c1-3-13-7-4-5-8-14(13)11-18-16(20)19-12-17(2,21)15-9-6-10-22-15/h4-10,21H,3,11-12H2,1-2H3,(H2,18,19,20). The number of aryl methyl sites for hydroxylation is 1.